The van der Waals surface area contributed by atoms with Crippen LogP contribution in [0.15, 0.2) is 30.8 Å². The van der Waals surface area contributed by atoms with Crippen molar-refractivity contribution in [2.75, 3.05) is 5.73 Å². The minimum Gasteiger partial charge on any atom is -0.368 e. The SMILES string of the molecule is C=C=CC(C)(C)c1cnc(N)nc1. The van der Waals surface area contributed by atoms with E-state index < -0.39 is 0 Å². The van der Waals surface area contributed by atoms with E-state index in [-0.39, 0.29) is 5.41 Å². The van der Waals surface area contributed by atoms with Crippen LogP contribution in [-0.4, -0.2) is 9.97 Å². The van der Waals surface area contributed by atoms with E-state index in [0.29, 0.717) is 5.95 Å². The zero-order valence-corrected chi connectivity index (χ0v) is 7.91. The molecule has 0 amide bonds. The van der Waals surface area contributed by atoms with Gasteiger partial charge in [0.15, 0.2) is 0 Å². The van der Waals surface area contributed by atoms with Crippen LogP contribution in [0.1, 0.15) is 19.4 Å². The molecule has 0 atom stereocenters. The maximum Gasteiger partial charge on any atom is 0.219 e. The smallest absolute Gasteiger partial charge is 0.219 e. The summed E-state index contributed by atoms with van der Waals surface area (Å²) in [5, 5.41) is 0. The van der Waals surface area contributed by atoms with Gasteiger partial charge in [0.2, 0.25) is 5.95 Å². The average molecular weight is 175 g/mol. The summed E-state index contributed by atoms with van der Waals surface area (Å²) in [5.74, 6) is 0.294. The van der Waals surface area contributed by atoms with Crippen LogP contribution in [0.2, 0.25) is 0 Å². The molecule has 0 radical (unpaired) electrons. The van der Waals surface area contributed by atoms with Gasteiger partial charge < -0.3 is 5.73 Å². The summed E-state index contributed by atoms with van der Waals surface area (Å²) in [6.45, 7) is 7.63. The monoisotopic (exact) mass is 175 g/mol. The van der Waals surface area contributed by atoms with Gasteiger partial charge in [-0.05, 0) is 11.6 Å². The van der Waals surface area contributed by atoms with Crippen LogP contribution in [0.25, 0.3) is 0 Å². The molecule has 1 aromatic rings. The third-order valence-corrected chi connectivity index (χ3v) is 1.88. The van der Waals surface area contributed by atoms with Gasteiger partial charge in [-0.2, -0.15) is 0 Å². The van der Waals surface area contributed by atoms with Crippen molar-refractivity contribution >= 4 is 5.95 Å². The summed E-state index contributed by atoms with van der Waals surface area (Å²) in [6, 6.07) is 0. The molecule has 1 rings (SSSR count). The minimum absolute atomic E-state index is 0.143. The quantitative estimate of drug-likeness (QED) is 0.696. The van der Waals surface area contributed by atoms with Gasteiger partial charge in [0, 0.05) is 17.8 Å². The van der Waals surface area contributed by atoms with E-state index >= 15 is 0 Å². The molecule has 0 bridgehead atoms. The highest BCUT2D eigenvalue weighted by atomic mass is 15.0. The number of nitrogens with two attached hydrogens (primary N) is 1. The second-order valence-electron chi connectivity index (χ2n) is 3.40. The molecule has 1 heterocycles. The van der Waals surface area contributed by atoms with Gasteiger partial charge in [0.1, 0.15) is 0 Å². The lowest BCUT2D eigenvalue weighted by molar-refractivity contribution is 0.663. The van der Waals surface area contributed by atoms with E-state index in [0.717, 1.165) is 5.56 Å². The predicted molar refractivity (Wildman–Crippen MR) is 53.2 cm³/mol. The topological polar surface area (TPSA) is 51.8 Å². The molecule has 0 unspecified atom stereocenters. The molecular formula is C10H13N3. The molecule has 0 spiro atoms. The summed E-state index contributed by atoms with van der Waals surface area (Å²) >= 11 is 0. The maximum absolute atomic E-state index is 5.38. The number of aromatic nitrogens is 2. The predicted octanol–water partition coefficient (Wildman–Crippen LogP) is 1.68. The largest absolute Gasteiger partial charge is 0.368 e. The second kappa shape index (κ2) is 3.42. The zero-order valence-electron chi connectivity index (χ0n) is 7.91. The van der Waals surface area contributed by atoms with E-state index in [1.807, 2.05) is 19.9 Å². The van der Waals surface area contributed by atoms with E-state index in [1.54, 1.807) is 12.4 Å². The molecule has 0 aliphatic carbocycles. The van der Waals surface area contributed by atoms with Crippen LogP contribution >= 0.6 is 0 Å². The Morgan fingerprint density at radius 1 is 1.46 bits per heavy atom. The minimum atomic E-state index is -0.143. The van der Waals surface area contributed by atoms with Crippen molar-refractivity contribution in [1.29, 1.82) is 0 Å². The highest BCUT2D eigenvalue weighted by Gasteiger charge is 2.17. The Balaban J connectivity index is 3.07. The van der Waals surface area contributed by atoms with Gasteiger partial charge in [0.05, 0.1) is 0 Å². The summed E-state index contributed by atoms with van der Waals surface area (Å²) in [4.78, 5) is 7.85. The Morgan fingerprint density at radius 2 is 2.00 bits per heavy atom. The van der Waals surface area contributed by atoms with Gasteiger partial charge in [-0.3, -0.25) is 0 Å². The first-order chi connectivity index (χ1) is 6.06. The van der Waals surface area contributed by atoms with E-state index in [2.05, 4.69) is 22.3 Å². The lowest BCUT2D eigenvalue weighted by Gasteiger charge is -2.18. The summed E-state index contributed by atoms with van der Waals surface area (Å²) in [7, 11) is 0. The molecule has 0 saturated heterocycles. The average Bonchev–Trinajstić information content (AvgIpc) is 2.05. The fourth-order valence-corrected chi connectivity index (χ4v) is 1.01. The number of nitrogens with zero attached hydrogens (tertiary/aromatic N) is 2. The molecule has 3 nitrogen and oxygen atoms in total. The molecule has 0 fully saturated rings. The van der Waals surface area contributed by atoms with Crippen molar-refractivity contribution in [2.45, 2.75) is 19.3 Å². The Bertz CT molecular complexity index is 332. The Morgan fingerprint density at radius 3 is 2.46 bits per heavy atom. The van der Waals surface area contributed by atoms with Crippen molar-refractivity contribution in [2.24, 2.45) is 0 Å². The number of hydrogen-bond acceptors (Lipinski definition) is 3. The van der Waals surface area contributed by atoms with Crippen LogP contribution in [-0.2, 0) is 5.41 Å². The molecule has 68 valence electrons. The van der Waals surface area contributed by atoms with Crippen LogP contribution < -0.4 is 5.73 Å². The standard InChI is InChI=1S/C10H13N3/c1-4-5-10(2,3)8-6-12-9(11)13-7-8/h5-7H,1H2,2-3H3,(H2,11,12,13). The number of hydrogen-bond donors (Lipinski definition) is 1. The van der Waals surface area contributed by atoms with Crippen molar-refractivity contribution in [3.05, 3.63) is 36.3 Å². The highest BCUT2D eigenvalue weighted by molar-refractivity contribution is 5.26. The van der Waals surface area contributed by atoms with E-state index in [1.165, 1.54) is 0 Å². The first kappa shape index (κ1) is 9.49. The molecular weight excluding hydrogens is 162 g/mol. The normalized spacial score (nSPS) is 10.6. The van der Waals surface area contributed by atoms with Gasteiger partial charge in [-0.15, -0.1) is 5.73 Å². The first-order valence-corrected chi connectivity index (χ1v) is 4.01. The molecule has 0 aliphatic rings. The van der Waals surface area contributed by atoms with Gasteiger partial charge in [0.25, 0.3) is 0 Å². The molecule has 0 saturated carbocycles. The van der Waals surface area contributed by atoms with Crippen LogP contribution in [0.3, 0.4) is 0 Å². The molecule has 3 heteroatoms. The zero-order chi connectivity index (χ0) is 9.90. The summed E-state index contributed by atoms with van der Waals surface area (Å²) < 4.78 is 0. The lowest BCUT2D eigenvalue weighted by Crippen LogP contribution is -2.14. The van der Waals surface area contributed by atoms with Crippen molar-refractivity contribution in [3.8, 4) is 0 Å². The third kappa shape index (κ3) is 2.17. The fraction of sp³-hybridized carbons (Fsp3) is 0.300. The van der Waals surface area contributed by atoms with Crippen molar-refractivity contribution < 1.29 is 0 Å². The van der Waals surface area contributed by atoms with E-state index in [4.69, 9.17) is 5.73 Å². The highest BCUT2D eigenvalue weighted by Crippen LogP contribution is 2.22. The first-order valence-electron chi connectivity index (χ1n) is 4.01. The fourth-order valence-electron chi connectivity index (χ4n) is 1.01. The molecule has 0 aliphatic heterocycles. The number of rotatable bonds is 2. The number of allylic oxidation sites excluding steroid dienone is 1. The van der Waals surface area contributed by atoms with Crippen LogP contribution in [0.5, 0.6) is 0 Å². The third-order valence-electron chi connectivity index (χ3n) is 1.88. The molecule has 0 aromatic carbocycles. The van der Waals surface area contributed by atoms with E-state index in [9.17, 15) is 0 Å². The van der Waals surface area contributed by atoms with Gasteiger partial charge in [-0.25, -0.2) is 9.97 Å². The number of nitrogen functional groups attached to an aromatic ring is 1. The van der Waals surface area contributed by atoms with Crippen LogP contribution in [0.4, 0.5) is 5.95 Å². The number of anilines is 1. The Labute approximate surface area is 78.0 Å². The van der Waals surface area contributed by atoms with Crippen LogP contribution in [0, 0.1) is 0 Å². The molecule has 2 N–H and O–H groups in total. The van der Waals surface area contributed by atoms with Gasteiger partial charge >= 0.3 is 0 Å². The maximum atomic E-state index is 5.38. The Hall–Kier alpha value is -1.60. The molecule has 1 aromatic heterocycles. The summed E-state index contributed by atoms with van der Waals surface area (Å²) in [6.07, 6.45) is 5.31. The second-order valence-corrected chi connectivity index (χ2v) is 3.40. The van der Waals surface area contributed by atoms with Crippen molar-refractivity contribution in [3.63, 3.8) is 0 Å². The molecule has 13 heavy (non-hydrogen) atoms. The van der Waals surface area contributed by atoms with Crippen molar-refractivity contribution in [1.82, 2.24) is 9.97 Å². The Kier molecular flexibility index (Phi) is 2.49. The lowest BCUT2D eigenvalue weighted by atomic mass is 9.87. The summed E-state index contributed by atoms with van der Waals surface area (Å²) in [5.41, 5.74) is 9.00. The van der Waals surface area contributed by atoms with Gasteiger partial charge in [-0.1, -0.05) is 20.4 Å².